The van der Waals surface area contributed by atoms with Gasteiger partial charge in [-0.1, -0.05) is 11.6 Å². The highest BCUT2D eigenvalue weighted by Crippen LogP contribution is 2.22. The highest BCUT2D eigenvalue weighted by molar-refractivity contribution is 6.30. The quantitative estimate of drug-likeness (QED) is 0.915. The van der Waals surface area contributed by atoms with Crippen molar-refractivity contribution < 1.29 is 9.53 Å². The van der Waals surface area contributed by atoms with Gasteiger partial charge in [0.05, 0.1) is 6.54 Å². The summed E-state index contributed by atoms with van der Waals surface area (Å²) >= 11 is 5.89. The molecule has 1 aromatic heterocycles. The van der Waals surface area contributed by atoms with E-state index in [1.807, 2.05) is 14.0 Å². The first-order chi connectivity index (χ1) is 9.97. The van der Waals surface area contributed by atoms with Crippen LogP contribution < -0.4 is 10.1 Å². The zero-order chi connectivity index (χ0) is 15.4. The van der Waals surface area contributed by atoms with Gasteiger partial charge in [-0.3, -0.25) is 4.79 Å². The Morgan fingerprint density at radius 2 is 2.29 bits per heavy atom. The number of nitrogens with one attached hydrogen (secondary N) is 1. The standard InChI is InChI=1S/C14H17ClN4O2/c1-9-6-11(15)4-5-12(9)21-10(2)14(20)16-7-13-18-17-8-19(13)3/h4-6,8,10H,7H2,1-3H3,(H,16,20)/t10-/m1/s1. The molecule has 0 saturated carbocycles. The molecule has 6 nitrogen and oxygen atoms in total. The Hall–Kier alpha value is -2.08. The Morgan fingerprint density at radius 1 is 1.52 bits per heavy atom. The summed E-state index contributed by atoms with van der Waals surface area (Å²) in [5.41, 5.74) is 0.885. The predicted octanol–water partition coefficient (Wildman–Crippen LogP) is 1.86. The van der Waals surface area contributed by atoms with Gasteiger partial charge in [0.1, 0.15) is 12.1 Å². The summed E-state index contributed by atoms with van der Waals surface area (Å²) < 4.78 is 7.39. The first-order valence-electron chi connectivity index (χ1n) is 6.50. The molecule has 0 bridgehead atoms. The second-order valence-electron chi connectivity index (χ2n) is 4.75. The number of benzene rings is 1. The third-order valence-corrected chi connectivity index (χ3v) is 3.27. The van der Waals surface area contributed by atoms with E-state index >= 15 is 0 Å². The molecule has 0 aliphatic heterocycles. The van der Waals surface area contributed by atoms with Crippen molar-refractivity contribution in [2.45, 2.75) is 26.5 Å². The second kappa shape index (κ2) is 6.58. The van der Waals surface area contributed by atoms with Gasteiger partial charge in [0.2, 0.25) is 0 Å². The van der Waals surface area contributed by atoms with E-state index in [0.717, 1.165) is 5.56 Å². The number of nitrogens with zero attached hydrogens (tertiary/aromatic N) is 3. The van der Waals surface area contributed by atoms with Gasteiger partial charge >= 0.3 is 0 Å². The topological polar surface area (TPSA) is 69.0 Å². The number of halogens is 1. The summed E-state index contributed by atoms with van der Waals surface area (Å²) in [5, 5.41) is 11.0. The average Bonchev–Trinajstić information content (AvgIpc) is 2.84. The monoisotopic (exact) mass is 308 g/mol. The van der Waals surface area contributed by atoms with Crippen LogP contribution in [-0.4, -0.2) is 26.8 Å². The van der Waals surface area contributed by atoms with Crippen molar-refractivity contribution in [3.05, 3.63) is 40.9 Å². The van der Waals surface area contributed by atoms with Crippen molar-refractivity contribution in [2.24, 2.45) is 7.05 Å². The summed E-state index contributed by atoms with van der Waals surface area (Å²) in [5.74, 6) is 1.10. The molecule has 2 rings (SSSR count). The molecule has 1 N–H and O–H groups in total. The molecule has 1 aromatic carbocycles. The number of rotatable bonds is 5. The van der Waals surface area contributed by atoms with E-state index in [0.29, 0.717) is 23.1 Å². The summed E-state index contributed by atoms with van der Waals surface area (Å²) in [6, 6.07) is 5.28. The molecule has 0 spiro atoms. The van der Waals surface area contributed by atoms with Crippen LogP contribution >= 0.6 is 11.6 Å². The lowest BCUT2D eigenvalue weighted by Gasteiger charge is -2.16. The van der Waals surface area contributed by atoms with Crippen molar-refractivity contribution >= 4 is 17.5 Å². The van der Waals surface area contributed by atoms with E-state index < -0.39 is 6.10 Å². The Balaban J connectivity index is 1.92. The number of hydrogen-bond acceptors (Lipinski definition) is 4. The minimum absolute atomic E-state index is 0.215. The van der Waals surface area contributed by atoms with Gasteiger partial charge < -0.3 is 14.6 Å². The number of amides is 1. The Bertz CT molecular complexity index is 642. The number of carbonyl (C=O) groups excluding carboxylic acids is 1. The SMILES string of the molecule is Cc1cc(Cl)ccc1O[C@H](C)C(=O)NCc1nncn1C. The minimum Gasteiger partial charge on any atom is -0.481 e. The maximum Gasteiger partial charge on any atom is 0.261 e. The number of ether oxygens (including phenoxy) is 1. The maximum atomic E-state index is 12.0. The van der Waals surface area contributed by atoms with Crippen LogP contribution in [0, 0.1) is 6.92 Å². The number of aryl methyl sites for hydroxylation is 2. The Kier molecular flexibility index (Phi) is 4.80. The average molecular weight is 309 g/mol. The van der Waals surface area contributed by atoms with E-state index in [1.54, 1.807) is 36.0 Å². The molecular weight excluding hydrogens is 292 g/mol. The van der Waals surface area contributed by atoms with Gasteiger partial charge in [0.25, 0.3) is 5.91 Å². The van der Waals surface area contributed by atoms with Crippen molar-refractivity contribution in [3.8, 4) is 5.75 Å². The molecule has 0 radical (unpaired) electrons. The number of hydrogen-bond donors (Lipinski definition) is 1. The van der Waals surface area contributed by atoms with Crippen LogP contribution in [0.1, 0.15) is 18.3 Å². The molecule has 1 amide bonds. The van der Waals surface area contributed by atoms with Gasteiger partial charge in [0.15, 0.2) is 11.9 Å². The smallest absolute Gasteiger partial charge is 0.261 e. The molecule has 0 aliphatic rings. The first-order valence-corrected chi connectivity index (χ1v) is 6.88. The fourth-order valence-corrected chi connectivity index (χ4v) is 1.99. The molecule has 0 saturated heterocycles. The van der Waals surface area contributed by atoms with Gasteiger partial charge in [-0.25, -0.2) is 0 Å². The third-order valence-electron chi connectivity index (χ3n) is 3.04. The molecule has 1 heterocycles. The molecule has 0 aliphatic carbocycles. The molecule has 0 unspecified atom stereocenters. The fourth-order valence-electron chi connectivity index (χ4n) is 1.77. The van der Waals surface area contributed by atoms with Crippen LogP contribution in [0.5, 0.6) is 5.75 Å². The summed E-state index contributed by atoms with van der Waals surface area (Å²) in [6.45, 7) is 3.88. The zero-order valence-electron chi connectivity index (χ0n) is 12.1. The lowest BCUT2D eigenvalue weighted by atomic mass is 10.2. The van der Waals surface area contributed by atoms with Gasteiger partial charge in [0, 0.05) is 12.1 Å². The molecule has 21 heavy (non-hydrogen) atoms. The van der Waals surface area contributed by atoms with E-state index in [2.05, 4.69) is 15.5 Å². The van der Waals surface area contributed by atoms with Crippen molar-refractivity contribution in [1.29, 1.82) is 0 Å². The minimum atomic E-state index is -0.613. The lowest BCUT2D eigenvalue weighted by Crippen LogP contribution is -2.36. The van der Waals surface area contributed by atoms with Gasteiger partial charge in [-0.15, -0.1) is 10.2 Å². The summed E-state index contributed by atoms with van der Waals surface area (Å²) in [6.07, 6.45) is 0.969. The normalized spacial score (nSPS) is 12.0. The maximum absolute atomic E-state index is 12.0. The van der Waals surface area contributed by atoms with Gasteiger partial charge in [-0.05, 0) is 37.6 Å². The van der Waals surface area contributed by atoms with Crippen LogP contribution in [0.15, 0.2) is 24.5 Å². The Morgan fingerprint density at radius 3 is 2.90 bits per heavy atom. The van der Waals surface area contributed by atoms with Crippen molar-refractivity contribution in [1.82, 2.24) is 20.1 Å². The van der Waals surface area contributed by atoms with E-state index in [9.17, 15) is 4.79 Å². The Labute approximate surface area is 128 Å². The largest absolute Gasteiger partial charge is 0.481 e. The van der Waals surface area contributed by atoms with Crippen LogP contribution in [0.2, 0.25) is 5.02 Å². The highest BCUT2D eigenvalue weighted by atomic mass is 35.5. The van der Waals surface area contributed by atoms with E-state index in [-0.39, 0.29) is 5.91 Å². The molecule has 112 valence electrons. The number of aromatic nitrogens is 3. The van der Waals surface area contributed by atoms with E-state index in [4.69, 9.17) is 16.3 Å². The van der Waals surface area contributed by atoms with E-state index in [1.165, 1.54) is 0 Å². The van der Waals surface area contributed by atoms with Crippen molar-refractivity contribution in [2.75, 3.05) is 0 Å². The van der Waals surface area contributed by atoms with Crippen molar-refractivity contribution in [3.63, 3.8) is 0 Å². The van der Waals surface area contributed by atoms with Gasteiger partial charge in [-0.2, -0.15) is 0 Å². The van der Waals surface area contributed by atoms with Crippen LogP contribution in [0.3, 0.4) is 0 Å². The van der Waals surface area contributed by atoms with Crippen LogP contribution in [0.4, 0.5) is 0 Å². The first kappa shape index (κ1) is 15.3. The number of carbonyl (C=O) groups is 1. The molecule has 0 fully saturated rings. The predicted molar refractivity (Wildman–Crippen MR) is 79.1 cm³/mol. The molecular formula is C14H17ClN4O2. The second-order valence-corrected chi connectivity index (χ2v) is 5.18. The summed E-state index contributed by atoms with van der Waals surface area (Å²) in [7, 11) is 1.82. The fraction of sp³-hybridized carbons (Fsp3) is 0.357. The lowest BCUT2D eigenvalue weighted by molar-refractivity contribution is -0.127. The molecule has 7 heteroatoms. The zero-order valence-corrected chi connectivity index (χ0v) is 12.9. The summed E-state index contributed by atoms with van der Waals surface area (Å²) in [4.78, 5) is 12.0. The van der Waals surface area contributed by atoms with Crippen LogP contribution in [0.25, 0.3) is 0 Å². The molecule has 1 atom stereocenters. The third kappa shape index (κ3) is 3.95. The van der Waals surface area contributed by atoms with Crippen LogP contribution in [-0.2, 0) is 18.4 Å². The highest BCUT2D eigenvalue weighted by Gasteiger charge is 2.16. The molecule has 2 aromatic rings.